The zero-order valence-electron chi connectivity index (χ0n) is 10.6. The molecule has 0 saturated carbocycles. The molecule has 0 aliphatic heterocycles. The van der Waals surface area contributed by atoms with Crippen LogP contribution in [0.2, 0.25) is 0 Å². The maximum absolute atomic E-state index is 12.1. The lowest BCUT2D eigenvalue weighted by Gasteiger charge is -2.19. The van der Waals surface area contributed by atoms with Gasteiger partial charge in [-0.2, -0.15) is 0 Å². The number of carbonyl (C=O) groups is 1. The number of hydrogen-bond acceptors (Lipinski definition) is 2. The van der Waals surface area contributed by atoms with E-state index in [2.05, 4.69) is 22.6 Å². The van der Waals surface area contributed by atoms with Crippen LogP contribution < -0.4 is 0 Å². The minimum atomic E-state index is -0.278. The van der Waals surface area contributed by atoms with E-state index in [-0.39, 0.29) is 17.8 Å². The lowest BCUT2D eigenvalue weighted by atomic mass is 9.98. The molecule has 94 valence electrons. The topological polar surface area (TPSA) is 26.3 Å². The number of rotatable bonds is 6. The second kappa shape index (κ2) is 7.11. The van der Waals surface area contributed by atoms with Gasteiger partial charge in [0, 0.05) is 16.6 Å². The zero-order valence-corrected chi connectivity index (χ0v) is 12.7. The molecule has 0 amide bonds. The van der Waals surface area contributed by atoms with Crippen molar-refractivity contribution in [3.8, 4) is 0 Å². The van der Waals surface area contributed by atoms with Crippen molar-refractivity contribution in [3.63, 3.8) is 0 Å². The highest BCUT2D eigenvalue weighted by molar-refractivity contribution is 14.1. The van der Waals surface area contributed by atoms with Gasteiger partial charge < -0.3 is 4.74 Å². The number of halogens is 1. The van der Waals surface area contributed by atoms with Gasteiger partial charge in [0.1, 0.15) is 6.10 Å². The van der Waals surface area contributed by atoms with Gasteiger partial charge in [-0.25, -0.2) is 0 Å². The van der Waals surface area contributed by atoms with Crippen molar-refractivity contribution in [2.75, 3.05) is 6.61 Å². The van der Waals surface area contributed by atoms with Gasteiger partial charge in [-0.05, 0) is 53.1 Å². The zero-order chi connectivity index (χ0) is 12.8. The predicted molar refractivity (Wildman–Crippen MR) is 78.1 cm³/mol. The largest absolute Gasteiger partial charge is 0.370 e. The van der Waals surface area contributed by atoms with E-state index in [0.29, 0.717) is 13.0 Å². The molecule has 0 fully saturated rings. The van der Waals surface area contributed by atoms with Gasteiger partial charge >= 0.3 is 0 Å². The molecule has 0 aliphatic rings. The maximum atomic E-state index is 12.1. The third-order valence-electron chi connectivity index (χ3n) is 2.56. The Morgan fingerprint density at radius 1 is 1.29 bits per heavy atom. The van der Waals surface area contributed by atoms with Crippen molar-refractivity contribution in [2.45, 2.75) is 33.3 Å². The van der Waals surface area contributed by atoms with Crippen molar-refractivity contribution < 1.29 is 9.53 Å². The van der Waals surface area contributed by atoms with Crippen molar-refractivity contribution in [1.82, 2.24) is 0 Å². The van der Waals surface area contributed by atoms with E-state index in [4.69, 9.17) is 4.74 Å². The van der Waals surface area contributed by atoms with Gasteiger partial charge in [0.25, 0.3) is 0 Å². The second-order valence-electron chi connectivity index (χ2n) is 4.39. The lowest BCUT2D eigenvalue weighted by molar-refractivity contribution is -0.132. The predicted octanol–water partition coefficient (Wildman–Crippen LogP) is 3.46. The molecule has 1 aromatic carbocycles. The average molecular weight is 346 g/mol. The number of Topliss-reactive ketones (excluding diaryl/α,β-unsaturated/α-hetero) is 1. The Morgan fingerprint density at radius 2 is 1.88 bits per heavy atom. The first-order valence-electron chi connectivity index (χ1n) is 5.93. The van der Waals surface area contributed by atoms with Gasteiger partial charge in [0.2, 0.25) is 0 Å². The first-order valence-corrected chi connectivity index (χ1v) is 7.01. The van der Waals surface area contributed by atoms with E-state index in [1.165, 1.54) is 3.57 Å². The van der Waals surface area contributed by atoms with Crippen LogP contribution in [0.5, 0.6) is 0 Å². The Bertz CT molecular complexity index is 357. The molecule has 0 aliphatic carbocycles. The average Bonchev–Trinajstić information content (AvgIpc) is 2.28. The summed E-state index contributed by atoms with van der Waals surface area (Å²) >= 11 is 2.26. The molecule has 0 aromatic heterocycles. The van der Waals surface area contributed by atoms with Crippen molar-refractivity contribution >= 4 is 28.4 Å². The van der Waals surface area contributed by atoms with Gasteiger partial charge in [-0.15, -0.1) is 0 Å². The monoisotopic (exact) mass is 346 g/mol. The minimum Gasteiger partial charge on any atom is -0.370 e. The smallest absolute Gasteiger partial charge is 0.166 e. The van der Waals surface area contributed by atoms with Crippen molar-refractivity contribution in [3.05, 3.63) is 33.4 Å². The van der Waals surface area contributed by atoms with E-state index >= 15 is 0 Å². The van der Waals surface area contributed by atoms with E-state index in [1.807, 2.05) is 45.0 Å². The summed E-state index contributed by atoms with van der Waals surface area (Å²) in [6.07, 6.45) is 0.180. The fraction of sp³-hybridized carbons (Fsp3) is 0.500. The van der Waals surface area contributed by atoms with Crippen LogP contribution in [-0.2, 0) is 16.0 Å². The summed E-state index contributed by atoms with van der Waals surface area (Å²) in [5.74, 6) is 0.398. The fourth-order valence-electron chi connectivity index (χ4n) is 1.74. The Kier molecular flexibility index (Phi) is 6.12. The normalized spacial score (nSPS) is 12.8. The Balaban J connectivity index is 2.66. The Morgan fingerprint density at radius 3 is 2.35 bits per heavy atom. The number of benzene rings is 1. The number of carbonyl (C=O) groups excluding carboxylic acids is 1. The standard InChI is InChI=1S/C14H19IO2/c1-4-17-14(10(2)3)13(16)9-11-5-7-12(15)8-6-11/h5-8,10,14H,4,9H2,1-3H3. The van der Waals surface area contributed by atoms with Crippen LogP contribution in [0.3, 0.4) is 0 Å². The van der Waals surface area contributed by atoms with Gasteiger partial charge in [0.15, 0.2) is 5.78 Å². The molecule has 3 heteroatoms. The van der Waals surface area contributed by atoms with Crippen LogP contribution in [0, 0.1) is 9.49 Å². The van der Waals surface area contributed by atoms with E-state index in [1.54, 1.807) is 0 Å². The summed E-state index contributed by atoms with van der Waals surface area (Å²) in [7, 11) is 0. The van der Waals surface area contributed by atoms with Crippen LogP contribution in [0.15, 0.2) is 24.3 Å². The molecule has 0 saturated heterocycles. The maximum Gasteiger partial charge on any atom is 0.166 e. The van der Waals surface area contributed by atoms with E-state index in [9.17, 15) is 4.79 Å². The quantitative estimate of drug-likeness (QED) is 0.738. The first-order chi connectivity index (χ1) is 8.04. The fourth-order valence-corrected chi connectivity index (χ4v) is 2.10. The van der Waals surface area contributed by atoms with Crippen LogP contribution >= 0.6 is 22.6 Å². The van der Waals surface area contributed by atoms with Gasteiger partial charge in [0.05, 0.1) is 0 Å². The molecule has 1 aromatic rings. The first kappa shape index (κ1) is 14.6. The minimum absolute atomic E-state index is 0.169. The van der Waals surface area contributed by atoms with Crippen LogP contribution in [0.25, 0.3) is 0 Å². The number of ether oxygens (including phenoxy) is 1. The van der Waals surface area contributed by atoms with Gasteiger partial charge in [-0.1, -0.05) is 26.0 Å². The Hall–Kier alpha value is -0.420. The summed E-state index contributed by atoms with van der Waals surface area (Å²) in [5, 5.41) is 0. The molecule has 1 unspecified atom stereocenters. The third kappa shape index (κ3) is 4.76. The highest BCUT2D eigenvalue weighted by atomic mass is 127. The number of ketones is 1. The molecule has 17 heavy (non-hydrogen) atoms. The van der Waals surface area contributed by atoms with E-state index in [0.717, 1.165) is 5.56 Å². The lowest BCUT2D eigenvalue weighted by Crippen LogP contribution is -2.31. The second-order valence-corrected chi connectivity index (χ2v) is 5.64. The van der Waals surface area contributed by atoms with Crippen LogP contribution in [0.4, 0.5) is 0 Å². The van der Waals surface area contributed by atoms with Crippen LogP contribution in [-0.4, -0.2) is 18.5 Å². The van der Waals surface area contributed by atoms with Crippen molar-refractivity contribution in [2.24, 2.45) is 5.92 Å². The summed E-state index contributed by atoms with van der Waals surface area (Å²) in [6, 6.07) is 8.05. The highest BCUT2D eigenvalue weighted by Gasteiger charge is 2.22. The molecule has 0 heterocycles. The summed E-state index contributed by atoms with van der Waals surface area (Å²) < 4.78 is 6.69. The molecular weight excluding hydrogens is 327 g/mol. The molecule has 0 bridgehead atoms. The molecule has 0 radical (unpaired) electrons. The number of hydrogen-bond donors (Lipinski definition) is 0. The SMILES string of the molecule is CCOC(C(=O)Cc1ccc(I)cc1)C(C)C. The summed E-state index contributed by atoms with van der Waals surface area (Å²) in [4.78, 5) is 12.1. The molecule has 2 nitrogen and oxygen atoms in total. The summed E-state index contributed by atoms with van der Waals surface area (Å²) in [5.41, 5.74) is 1.06. The molecule has 1 atom stereocenters. The molecule has 0 N–H and O–H groups in total. The molecule has 1 rings (SSSR count). The molecular formula is C14H19IO2. The molecule has 0 spiro atoms. The summed E-state index contributed by atoms with van der Waals surface area (Å²) in [6.45, 7) is 6.55. The van der Waals surface area contributed by atoms with Crippen LogP contribution in [0.1, 0.15) is 26.3 Å². The van der Waals surface area contributed by atoms with Gasteiger partial charge in [-0.3, -0.25) is 4.79 Å². The Labute approximate surface area is 117 Å². The highest BCUT2D eigenvalue weighted by Crippen LogP contribution is 2.13. The third-order valence-corrected chi connectivity index (χ3v) is 3.28. The van der Waals surface area contributed by atoms with Crippen molar-refractivity contribution in [1.29, 1.82) is 0 Å². The van der Waals surface area contributed by atoms with E-state index < -0.39 is 0 Å².